The van der Waals surface area contributed by atoms with Crippen molar-refractivity contribution < 1.29 is 9.59 Å². The minimum absolute atomic E-state index is 0.0539. The van der Waals surface area contributed by atoms with Crippen LogP contribution in [0, 0.1) is 5.92 Å². The summed E-state index contributed by atoms with van der Waals surface area (Å²) in [6.45, 7) is 3.83. The summed E-state index contributed by atoms with van der Waals surface area (Å²) in [5, 5.41) is 8.82. The van der Waals surface area contributed by atoms with Crippen molar-refractivity contribution in [2.24, 2.45) is 5.92 Å². The van der Waals surface area contributed by atoms with Crippen molar-refractivity contribution >= 4 is 34.8 Å². The van der Waals surface area contributed by atoms with Crippen molar-refractivity contribution in [3.63, 3.8) is 0 Å². The summed E-state index contributed by atoms with van der Waals surface area (Å²) in [7, 11) is 0. The quantitative estimate of drug-likeness (QED) is 0.657. The van der Waals surface area contributed by atoms with E-state index in [9.17, 15) is 9.59 Å². The maximum atomic E-state index is 12.1. The van der Waals surface area contributed by atoms with Crippen molar-refractivity contribution in [2.45, 2.75) is 64.8 Å². The number of amides is 2. The van der Waals surface area contributed by atoms with Crippen LogP contribution in [0.25, 0.3) is 0 Å². The molecule has 0 saturated heterocycles. The maximum absolute atomic E-state index is 12.1. The molecule has 3 N–H and O–H groups in total. The Kier molecular flexibility index (Phi) is 8.04. The molecule has 1 saturated carbocycles. The van der Waals surface area contributed by atoms with E-state index in [2.05, 4.69) is 16.0 Å². The third-order valence-electron chi connectivity index (χ3n) is 4.56. The van der Waals surface area contributed by atoms with Crippen LogP contribution in [0.2, 0.25) is 0 Å². The van der Waals surface area contributed by atoms with Crippen molar-refractivity contribution in [2.75, 3.05) is 5.32 Å². The van der Waals surface area contributed by atoms with Gasteiger partial charge in [-0.1, -0.05) is 38.2 Å². The van der Waals surface area contributed by atoms with E-state index in [1.54, 1.807) is 18.2 Å². The van der Waals surface area contributed by atoms with Gasteiger partial charge in [-0.05, 0) is 56.6 Å². The molecular weight excluding hydrogens is 346 g/mol. The Morgan fingerprint density at radius 3 is 2.62 bits per heavy atom. The molecule has 0 bridgehead atoms. The van der Waals surface area contributed by atoms with Crippen LogP contribution in [0.1, 0.15) is 69.2 Å². The Bertz CT molecular complexity index is 640. The van der Waals surface area contributed by atoms with E-state index in [-0.39, 0.29) is 23.0 Å². The highest BCUT2D eigenvalue weighted by atomic mass is 32.1. The molecule has 1 aromatic carbocycles. The number of rotatable bonds is 6. The predicted octanol–water partition coefficient (Wildman–Crippen LogP) is 4.00. The van der Waals surface area contributed by atoms with E-state index in [1.807, 2.05) is 19.9 Å². The van der Waals surface area contributed by atoms with Gasteiger partial charge < -0.3 is 16.0 Å². The number of nitrogens with one attached hydrogen (secondary N) is 3. The number of anilines is 1. The first kappa shape index (κ1) is 20.4. The van der Waals surface area contributed by atoms with E-state index in [0.717, 1.165) is 6.42 Å². The molecule has 0 unspecified atom stereocenters. The van der Waals surface area contributed by atoms with Gasteiger partial charge in [0, 0.05) is 23.7 Å². The largest absolute Gasteiger partial charge is 0.350 e. The number of hydrogen-bond acceptors (Lipinski definition) is 3. The van der Waals surface area contributed by atoms with Crippen LogP contribution >= 0.6 is 12.2 Å². The Morgan fingerprint density at radius 2 is 1.92 bits per heavy atom. The lowest BCUT2D eigenvalue weighted by Gasteiger charge is -2.21. The summed E-state index contributed by atoms with van der Waals surface area (Å²) in [5.41, 5.74) is 1.23. The molecule has 2 amide bonds. The third-order valence-corrected chi connectivity index (χ3v) is 4.76. The molecule has 1 fully saturated rings. The number of hydrogen-bond donors (Lipinski definition) is 3. The molecule has 0 atom stereocenters. The second-order valence-electron chi connectivity index (χ2n) is 7.25. The van der Waals surface area contributed by atoms with Crippen molar-refractivity contribution in [3.8, 4) is 0 Å². The van der Waals surface area contributed by atoms with Crippen LogP contribution < -0.4 is 16.0 Å². The van der Waals surface area contributed by atoms with Gasteiger partial charge in [-0.25, -0.2) is 0 Å². The van der Waals surface area contributed by atoms with Crippen LogP contribution in [-0.4, -0.2) is 23.0 Å². The van der Waals surface area contributed by atoms with Gasteiger partial charge in [0.05, 0.1) is 0 Å². The molecule has 142 valence electrons. The summed E-state index contributed by atoms with van der Waals surface area (Å²) in [5.74, 6) is 0.486. The fourth-order valence-corrected chi connectivity index (χ4v) is 3.48. The first-order valence-corrected chi connectivity index (χ1v) is 9.86. The molecule has 1 aromatic rings. The smallest absolute Gasteiger partial charge is 0.251 e. The zero-order valence-corrected chi connectivity index (χ0v) is 16.5. The lowest BCUT2D eigenvalue weighted by molar-refractivity contribution is -0.120. The van der Waals surface area contributed by atoms with Crippen molar-refractivity contribution in [1.29, 1.82) is 0 Å². The molecule has 1 aliphatic rings. The lowest BCUT2D eigenvalue weighted by atomic mass is 9.86. The molecule has 0 aromatic heterocycles. The Labute approximate surface area is 161 Å². The van der Waals surface area contributed by atoms with Gasteiger partial charge in [-0.3, -0.25) is 9.59 Å². The van der Waals surface area contributed by atoms with Gasteiger partial charge >= 0.3 is 0 Å². The summed E-state index contributed by atoms with van der Waals surface area (Å²) in [6, 6.07) is 7.13. The van der Waals surface area contributed by atoms with Gasteiger partial charge in [-0.15, -0.1) is 0 Å². The van der Waals surface area contributed by atoms with E-state index < -0.39 is 0 Å². The third kappa shape index (κ3) is 7.12. The number of benzene rings is 1. The molecule has 0 aliphatic heterocycles. The molecule has 5 nitrogen and oxygen atoms in total. The Morgan fingerprint density at radius 1 is 1.19 bits per heavy atom. The highest BCUT2D eigenvalue weighted by molar-refractivity contribution is 7.80. The van der Waals surface area contributed by atoms with Gasteiger partial charge in [0.15, 0.2) is 5.11 Å². The fraction of sp³-hybridized carbons (Fsp3) is 0.550. The highest BCUT2D eigenvalue weighted by Gasteiger charge is 2.15. The van der Waals surface area contributed by atoms with E-state index in [0.29, 0.717) is 23.6 Å². The first-order valence-electron chi connectivity index (χ1n) is 9.46. The van der Waals surface area contributed by atoms with Crippen LogP contribution in [0.4, 0.5) is 5.69 Å². The summed E-state index contributed by atoms with van der Waals surface area (Å²) in [6.07, 6.45) is 7.80. The SMILES string of the molecule is CC(C)NC(=O)c1cccc(NC(=S)NC(=O)CCC2CCCCC2)c1. The molecule has 26 heavy (non-hydrogen) atoms. The zero-order chi connectivity index (χ0) is 18.9. The average molecular weight is 376 g/mol. The molecule has 2 rings (SSSR count). The molecule has 0 heterocycles. The van der Waals surface area contributed by atoms with Gasteiger partial charge in [0.1, 0.15) is 0 Å². The highest BCUT2D eigenvalue weighted by Crippen LogP contribution is 2.27. The number of carbonyl (C=O) groups excluding carboxylic acids is 2. The standard InChI is InChI=1S/C20H29N3O2S/c1-14(2)21-19(25)16-9-6-10-17(13-16)22-20(26)23-18(24)12-11-15-7-4-3-5-8-15/h6,9-10,13-15H,3-5,7-8,11-12H2,1-2H3,(H,21,25)(H2,22,23,24,26). The van der Waals surface area contributed by atoms with E-state index in [1.165, 1.54) is 32.1 Å². The van der Waals surface area contributed by atoms with Crippen LogP contribution in [-0.2, 0) is 4.79 Å². The normalized spacial score (nSPS) is 14.7. The maximum Gasteiger partial charge on any atom is 0.251 e. The monoisotopic (exact) mass is 375 g/mol. The Balaban J connectivity index is 1.79. The minimum atomic E-state index is -0.133. The predicted molar refractivity (Wildman–Crippen MR) is 109 cm³/mol. The topological polar surface area (TPSA) is 70.2 Å². The van der Waals surface area contributed by atoms with Crippen LogP contribution in [0.5, 0.6) is 0 Å². The number of carbonyl (C=O) groups is 2. The molecule has 0 radical (unpaired) electrons. The fourth-order valence-electron chi connectivity index (χ4n) is 3.25. The molecular formula is C20H29N3O2S. The molecule has 0 spiro atoms. The summed E-state index contributed by atoms with van der Waals surface area (Å²) in [4.78, 5) is 24.1. The molecule has 1 aliphatic carbocycles. The van der Waals surface area contributed by atoms with Crippen molar-refractivity contribution in [1.82, 2.24) is 10.6 Å². The second kappa shape index (κ2) is 10.3. The van der Waals surface area contributed by atoms with Crippen molar-refractivity contribution in [3.05, 3.63) is 29.8 Å². The summed E-state index contributed by atoms with van der Waals surface area (Å²) < 4.78 is 0. The molecule has 6 heteroatoms. The van der Waals surface area contributed by atoms with Crippen LogP contribution in [0.15, 0.2) is 24.3 Å². The zero-order valence-electron chi connectivity index (χ0n) is 15.6. The van der Waals surface area contributed by atoms with E-state index in [4.69, 9.17) is 12.2 Å². The summed E-state index contributed by atoms with van der Waals surface area (Å²) >= 11 is 5.22. The second-order valence-corrected chi connectivity index (χ2v) is 7.66. The van der Waals surface area contributed by atoms with Gasteiger partial charge in [-0.2, -0.15) is 0 Å². The van der Waals surface area contributed by atoms with E-state index >= 15 is 0 Å². The van der Waals surface area contributed by atoms with Gasteiger partial charge in [0.2, 0.25) is 5.91 Å². The average Bonchev–Trinajstić information content (AvgIpc) is 2.60. The number of thiocarbonyl (C=S) groups is 1. The lowest BCUT2D eigenvalue weighted by Crippen LogP contribution is -2.34. The van der Waals surface area contributed by atoms with Gasteiger partial charge in [0.25, 0.3) is 5.91 Å². The first-order chi connectivity index (χ1) is 12.4. The Hall–Kier alpha value is -1.95. The minimum Gasteiger partial charge on any atom is -0.350 e. The van der Waals surface area contributed by atoms with Crippen LogP contribution in [0.3, 0.4) is 0 Å².